The molecular formula is C31H29ClF3N3O8S. The van der Waals surface area contributed by atoms with E-state index in [-0.39, 0.29) is 52.9 Å². The fourth-order valence-corrected chi connectivity index (χ4v) is 8.36. The van der Waals surface area contributed by atoms with Gasteiger partial charge in [-0.2, -0.15) is 0 Å². The number of likely N-dealkylation sites (N-methyl/N-ethyl adjacent to an activating group) is 1. The number of ether oxygens (including phenoxy) is 3. The molecule has 3 aromatic carbocycles. The number of halogens is 4. The average molecular weight is 696 g/mol. The zero-order valence-electron chi connectivity index (χ0n) is 25.2. The Morgan fingerprint density at radius 1 is 1.13 bits per heavy atom. The van der Waals surface area contributed by atoms with E-state index in [9.17, 15) is 31.5 Å². The predicted octanol–water partition coefficient (Wildman–Crippen LogP) is 3.68. The van der Waals surface area contributed by atoms with Crippen LogP contribution in [-0.4, -0.2) is 88.0 Å². The number of likely N-dealkylation sites (tertiary alicyclic amines) is 1. The topological polar surface area (TPSA) is 126 Å². The van der Waals surface area contributed by atoms with Gasteiger partial charge in [-0.25, -0.2) is 12.7 Å². The predicted molar refractivity (Wildman–Crippen MR) is 162 cm³/mol. The fourth-order valence-electron chi connectivity index (χ4n) is 6.63. The van der Waals surface area contributed by atoms with Gasteiger partial charge in [0.2, 0.25) is 5.91 Å². The van der Waals surface area contributed by atoms with E-state index < -0.39 is 56.5 Å². The molecule has 3 aliphatic rings. The number of carbonyl (C=O) groups is 2. The normalized spacial score (nSPS) is 22.6. The Hall–Kier alpha value is -4.05. The Kier molecular flexibility index (Phi) is 8.10. The summed E-state index contributed by atoms with van der Waals surface area (Å²) in [7, 11) is -1.01. The number of benzene rings is 3. The lowest BCUT2D eigenvalue weighted by Gasteiger charge is -2.42. The number of aliphatic hydroxyl groups is 1. The van der Waals surface area contributed by atoms with Gasteiger partial charge in [-0.3, -0.25) is 14.5 Å². The van der Waals surface area contributed by atoms with Crippen LogP contribution in [0.25, 0.3) is 0 Å². The first-order valence-corrected chi connectivity index (χ1v) is 16.2. The van der Waals surface area contributed by atoms with Crippen molar-refractivity contribution in [2.45, 2.75) is 41.8 Å². The molecule has 250 valence electrons. The number of hydrogen-bond donors (Lipinski definition) is 1. The molecule has 0 radical (unpaired) electrons. The SMILES string of the molecule is COc1ccc(S(=O)(=O)N2C(=O)C(c3cccc4c3OCC4)(N3C[C@H](O)C[C@H]3C(=O)N(C)C)c3cc(Cl)ccc32)c(OC(F)(F)F)c1. The molecule has 16 heteroatoms. The van der Waals surface area contributed by atoms with Crippen molar-refractivity contribution in [3.05, 3.63) is 76.3 Å². The molecule has 0 spiro atoms. The minimum absolute atomic E-state index is 0.0277. The van der Waals surface area contributed by atoms with Crippen LogP contribution in [-0.2, 0) is 31.6 Å². The zero-order valence-corrected chi connectivity index (χ0v) is 26.8. The molecular weight excluding hydrogens is 667 g/mol. The molecule has 0 bridgehead atoms. The zero-order chi connectivity index (χ0) is 34.1. The lowest BCUT2D eigenvalue weighted by atomic mass is 9.80. The molecule has 2 amide bonds. The number of nitrogens with zero attached hydrogens (tertiary/aromatic N) is 3. The van der Waals surface area contributed by atoms with E-state index in [0.717, 1.165) is 18.2 Å². The van der Waals surface area contributed by atoms with Crippen molar-refractivity contribution in [3.8, 4) is 17.2 Å². The molecule has 3 heterocycles. The Morgan fingerprint density at radius 3 is 2.55 bits per heavy atom. The Labute approximate surface area is 273 Å². The van der Waals surface area contributed by atoms with Gasteiger partial charge in [-0.15, -0.1) is 13.2 Å². The van der Waals surface area contributed by atoms with Crippen LogP contribution in [0.2, 0.25) is 5.02 Å². The number of alkyl halides is 3. The van der Waals surface area contributed by atoms with Gasteiger partial charge in [0.05, 0.1) is 31.5 Å². The number of methoxy groups -OCH3 is 1. The van der Waals surface area contributed by atoms with Crippen molar-refractivity contribution >= 4 is 39.1 Å². The standard InChI is InChI=1S/C31H29ClF3N3O8S/c1-36(2)28(40)24-14-19(39)16-37(24)30(21-6-4-5-17-11-12-45-27(17)21)22-13-18(32)7-9-23(22)38(29(30)41)47(42,43)26-10-8-20(44-3)15-25(26)46-31(33,34)35/h4-10,13,15,19,24,39H,11-12,14,16H2,1-3H3/t19-,24+,30?/m1/s1. The average Bonchev–Trinajstić information content (AvgIpc) is 3.70. The van der Waals surface area contributed by atoms with Gasteiger partial charge < -0.3 is 24.2 Å². The number of fused-ring (bicyclic) bond motifs is 2. The van der Waals surface area contributed by atoms with Gasteiger partial charge in [0.15, 0.2) is 11.3 Å². The summed E-state index contributed by atoms with van der Waals surface area (Å²) in [5.74, 6) is -2.58. The molecule has 3 atom stereocenters. The van der Waals surface area contributed by atoms with E-state index >= 15 is 4.79 Å². The van der Waals surface area contributed by atoms with Crippen LogP contribution in [0.1, 0.15) is 23.1 Å². The number of anilines is 1. The number of amides is 2. The first-order valence-electron chi connectivity index (χ1n) is 14.4. The van der Waals surface area contributed by atoms with Crippen LogP contribution in [0.4, 0.5) is 18.9 Å². The summed E-state index contributed by atoms with van der Waals surface area (Å²) >= 11 is 6.49. The molecule has 0 saturated carbocycles. The molecule has 0 aliphatic carbocycles. The third kappa shape index (κ3) is 5.25. The molecule has 1 saturated heterocycles. The number of sulfonamides is 1. The maximum atomic E-state index is 15.3. The van der Waals surface area contributed by atoms with Crippen LogP contribution in [0.5, 0.6) is 17.2 Å². The van der Waals surface area contributed by atoms with Gasteiger partial charge in [-0.1, -0.05) is 29.8 Å². The molecule has 3 aromatic rings. The van der Waals surface area contributed by atoms with Crippen LogP contribution in [0.15, 0.2) is 59.5 Å². The highest BCUT2D eigenvalue weighted by atomic mass is 35.5. The first-order chi connectivity index (χ1) is 22.1. The van der Waals surface area contributed by atoms with Crippen molar-refractivity contribution < 1.29 is 50.5 Å². The molecule has 1 N–H and O–H groups in total. The summed E-state index contributed by atoms with van der Waals surface area (Å²) in [5, 5.41) is 11.1. The summed E-state index contributed by atoms with van der Waals surface area (Å²) < 4.78 is 85.3. The van der Waals surface area contributed by atoms with Gasteiger partial charge in [0, 0.05) is 49.3 Å². The number of carbonyl (C=O) groups excluding carboxylic acids is 2. The number of rotatable bonds is 7. The second kappa shape index (κ2) is 11.6. The van der Waals surface area contributed by atoms with E-state index in [2.05, 4.69) is 4.74 Å². The maximum absolute atomic E-state index is 15.3. The third-order valence-electron chi connectivity index (χ3n) is 8.50. The van der Waals surface area contributed by atoms with Crippen molar-refractivity contribution in [1.82, 2.24) is 9.80 Å². The van der Waals surface area contributed by atoms with Crippen LogP contribution >= 0.6 is 11.6 Å². The Morgan fingerprint density at radius 2 is 1.87 bits per heavy atom. The first kappa shape index (κ1) is 32.9. The summed E-state index contributed by atoms with van der Waals surface area (Å²) in [6.07, 6.45) is -6.02. The molecule has 6 rings (SSSR count). The van der Waals surface area contributed by atoms with E-state index in [1.165, 1.54) is 49.2 Å². The summed E-state index contributed by atoms with van der Waals surface area (Å²) in [6.45, 7) is 0.0121. The third-order valence-corrected chi connectivity index (χ3v) is 10.5. The Bertz CT molecular complexity index is 1890. The largest absolute Gasteiger partial charge is 0.573 e. The Balaban J connectivity index is 1.66. The minimum atomic E-state index is -5.30. The van der Waals surface area contributed by atoms with Crippen LogP contribution < -0.4 is 18.5 Å². The monoisotopic (exact) mass is 695 g/mol. The molecule has 1 unspecified atom stereocenters. The van der Waals surface area contributed by atoms with Crippen LogP contribution in [0, 0.1) is 0 Å². The maximum Gasteiger partial charge on any atom is 0.573 e. The van der Waals surface area contributed by atoms with Gasteiger partial charge in [-0.05, 0) is 42.3 Å². The van der Waals surface area contributed by atoms with Crippen molar-refractivity contribution in [3.63, 3.8) is 0 Å². The van der Waals surface area contributed by atoms with Gasteiger partial charge in [0.1, 0.15) is 16.4 Å². The van der Waals surface area contributed by atoms with Gasteiger partial charge >= 0.3 is 6.36 Å². The van der Waals surface area contributed by atoms with Crippen molar-refractivity contribution in [1.29, 1.82) is 0 Å². The van der Waals surface area contributed by atoms with E-state index in [1.807, 2.05) is 0 Å². The van der Waals surface area contributed by atoms with Crippen LogP contribution in [0.3, 0.4) is 0 Å². The number of β-amino-alcohol motifs (C(OH)–C–C–N with tert-alkyl or cyclic N) is 1. The van der Waals surface area contributed by atoms with E-state index in [4.69, 9.17) is 21.1 Å². The quantitative estimate of drug-likeness (QED) is 0.394. The number of aliphatic hydroxyl groups excluding tert-OH is 1. The van der Waals surface area contributed by atoms with E-state index in [1.54, 1.807) is 18.2 Å². The smallest absolute Gasteiger partial charge is 0.497 e. The minimum Gasteiger partial charge on any atom is -0.497 e. The summed E-state index contributed by atoms with van der Waals surface area (Å²) in [6, 6.07) is 10.6. The molecule has 11 nitrogen and oxygen atoms in total. The van der Waals surface area contributed by atoms with E-state index in [0.29, 0.717) is 16.3 Å². The summed E-state index contributed by atoms with van der Waals surface area (Å²) in [4.78, 5) is 30.7. The highest BCUT2D eigenvalue weighted by molar-refractivity contribution is 7.93. The molecule has 1 fully saturated rings. The lowest BCUT2D eigenvalue weighted by molar-refractivity contribution is -0.275. The molecule has 0 aromatic heterocycles. The lowest BCUT2D eigenvalue weighted by Crippen LogP contribution is -2.59. The van der Waals surface area contributed by atoms with Crippen molar-refractivity contribution in [2.24, 2.45) is 0 Å². The highest BCUT2D eigenvalue weighted by Crippen LogP contribution is 2.56. The van der Waals surface area contributed by atoms with Crippen molar-refractivity contribution in [2.75, 3.05) is 38.7 Å². The summed E-state index contributed by atoms with van der Waals surface area (Å²) in [5.41, 5.74) is -1.44. The number of para-hydroxylation sites is 1. The second-order valence-electron chi connectivity index (χ2n) is 11.5. The van der Waals surface area contributed by atoms with Gasteiger partial charge in [0.25, 0.3) is 15.9 Å². The second-order valence-corrected chi connectivity index (χ2v) is 13.7. The number of hydrogen-bond acceptors (Lipinski definition) is 9. The fraction of sp³-hybridized carbons (Fsp3) is 0.355. The molecule has 47 heavy (non-hydrogen) atoms. The highest BCUT2D eigenvalue weighted by Gasteiger charge is 2.64. The molecule has 3 aliphatic heterocycles.